The van der Waals surface area contributed by atoms with Crippen molar-refractivity contribution in [3.8, 4) is 11.3 Å². The molecule has 0 aliphatic carbocycles. The summed E-state index contributed by atoms with van der Waals surface area (Å²) >= 11 is 0. The number of benzene rings is 2. The number of ether oxygens (including phenoxy) is 1. The minimum atomic E-state index is -0.897. The van der Waals surface area contributed by atoms with E-state index in [1.54, 1.807) is 7.05 Å². The zero-order chi connectivity index (χ0) is 23.2. The highest BCUT2D eigenvalue weighted by Crippen LogP contribution is 2.28. The van der Waals surface area contributed by atoms with Crippen LogP contribution in [-0.4, -0.2) is 47.2 Å². The van der Waals surface area contributed by atoms with E-state index < -0.39 is 17.7 Å². The number of amides is 1. The monoisotopic (exact) mass is 454 g/mol. The van der Waals surface area contributed by atoms with Crippen molar-refractivity contribution < 1.29 is 18.3 Å². The predicted octanol–water partition coefficient (Wildman–Crippen LogP) is 4.56. The molecule has 0 unspecified atom stereocenters. The van der Waals surface area contributed by atoms with Gasteiger partial charge in [-0.25, -0.2) is 18.6 Å². The summed E-state index contributed by atoms with van der Waals surface area (Å²) in [5, 5.41) is 3.35. The van der Waals surface area contributed by atoms with E-state index in [1.165, 1.54) is 17.0 Å². The van der Waals surface area contributed by atoms with Crippen LogP contribution >= 0.6 is 0 Å². The van der Waals surface area contributed by atoms with E-state index in [2.05, 4.69) is 5.32 Å². The third kappa shape index (κ3) is 5.76. The summed E-state index contributed by atoms with van der Waals surface area (Å²) in [6.45, 7) is 2.98. The molecule has 0 spiro atoms. The molecule has 1 aliphatic rings. The number of piperidine rings is 1. The average Bonchev–Trinajstić information content (AvgIpc) is 3.28. The number of nitrogens with one attached hydrogen (secondary N) is 1. The number of nitrogens with zero attached hydrogens (tertiary/aromatic N) is 3. The van der Waals surface area contributed by atoms with Crippen LogP contribution < -0.4 is 5.32 Å². The molecule has 8 heteroatoms. The summed E-state index contributed by atoms with van der Waals surface area (Å²) in [5.74, 6) is -0.610. The lowest BCUT2D eigenvalue weighted by molar-refractivity contribution is 0.103. The molecule has 1 N–H and O–H groups in total. The molecule has 1 amide bonds. The van der Waals surface area contributed by atoms with Crippen molar-refractivity contribution in [2.45, 2.75) is 31.9 Å². The average molecular weight is 455 g/mol. The second-order valence-corrected chi connectivity index (χ2v) is 8.29. The van der Waals surface area contributed by atoms with Crippen molar-refractivity contribution in [1.82, 2.24) is 19.8 Å². The fourth-order valence-electron chi connectivity index (χ4n) is 3.99. The molecule has 1 aliphatic heterocycles. The Labute approximate surface area is 192 Å². The van der Waals surface area contributed by atoms with Crippen LogP contribution in [0, 0.1) is 11.6 Å². The van der Waals surface area contributed by atoms with Gasteiger partial charge in [-0.2, -0.15) is 0 Å². The Kier molecular flexibility index (Phi) is 7.34. The van der Waals surface area contributed by atoms with Gasteiger partial charge in [0.25, 0.3) is 0 Å². The molecule has 3 aromatic rings. The number of hydrogen-bond donors (Lipinski definition) is 1. The standard InChI is InChI=1S/C25H28F2N4O2/c1-30(25(32)33-17-18-5-3-2-4-6-18)13-14-31-16-23(20-7-8-21(26)22(27)15-20)29-24(31)19-9-11-28-12-10-19/h2-8,15-16,19,28H,9-14,17H2,1H3. The third-order valence-electron chi connectivity index (χ3n) is 5.92. The second kappa shape index (κ2) is 10.6. The number of likely N-dealkylation sites (N-methyl/N-ethyl adjacent to an activating group) is 1. The lowest BCUT2D eigenvalue weighted by Crippen LogP contribution is -2.32. The zero-order valence-corrected chi connectivity index (χ0v) is 18.6. The number of rotatable bonds is 7. The van der Waals surface area contributed by atoms with Crippen molar-refractivity contribution in [2.75, 3.05) is 26.7 Å². The molecule has 0 saturated carbocycles. The van der Waals surface area contributed by atoms with Crippen LogP contribution in [0.4, 0.5) is 13.6 Å². The van der Waals surface area contributed by atoms with Crippen molar-refractivity contribution in [1.29, 1.82) is 0 Å². The van der Waals surface area contributed by atoms with Gasteiger partial charge in [0.05, 0.1) is 5.69 Å². The van der Waals surface area contributed by atoms with Crippen molar-refractivity contribution >= 4 is 6.09 Å². The van der Waals surface area contributed by atoms with E-state index >= 15 is 0 Å². The molecular weight excluding hydrogens is 426 g/mol. The molecule has 33 heavy (non-hydrogen) atoms. The van der Waals surface area contributed by atoms with Gasteiger partial charge >= 0.3 is 6.09 Å². The molecule has 2 heterocycles. The van der Waals surface area contributed by atoms with Gasteiger partial charge in [0.1, 0.15) is 12.4 Å². The Morgan fingerprint density at radius 3 is 2.64 bits per heavy atom. The predicted molar refractivity (Wildman–Crippen MR) is 122 cm³/mol. The number of hydrogen-bond acceptors (Lipinski definition) is 4. The van der Waals surface area contributed by atoms with Crippen molar-refractivity contribution in [3.63, 3.8) is 0 Å². The molecule has 1 saturated heterocycles. The van der Waals surface area contributed by atoms with E-state index in [0.29, 0.717) is 24.3 Å². The Bertz CT molecular complexity index is 1080. The number of halogens is 2. The first-order valence-electron chi connectivity index (χ1n) is 11.2. The van der Waals surface area contributed by atoms with Crippen molar-refractivity contribution in [2.24, 2.45) is 0 Å². The van der Waals surface area contributed by atoms with E-state index in [0.717, 1.165) is 43.4 Å². The fourth-order valence-corrected chi connectivity index (χ4v) is 3.99. The highest BCUT2D eigenvalue weighted by Gasteiger charge is 2.22. The van der Waals surface area contributed by atoms with Gasteiger partial charge in [-0.15, -0.1) is 0 Å². The third-order valence-corrected chi connectivity index (χ3v) is 5.92. The molecule has 0 radical (unpaired) electrons. The van der Waals surface area contributed by atoms with Gasteiger partial charge in [0.15, 0.2) is 11.6 Å². The Morgan fingerprint density at radius 1 is 1.15 bits per heavy atom. The first kappa shape index (κ1) is 22.9. The molecule has 0 atom stereocenters. The summed E-state index contributed by atoms with van der Waals surface area (Å²) < 4.78 is 34.6. The summed E-state index contributed by atoms with van der Waals surface area (Å²) in [7, 11) is 1.70. The lowest BCUT2D eigenvalue weighted by atomic mass is 9.97. The first-order chi connectivity index (χ1) is 16.0. The number of carbonyl (C=O) groups excluding carboxylic acids is 1. The number of aromatic nitrogens is 2. The fraction of sp³-hybridized carbons (Fsp3) is 0.360. The van der Waals surface area contributed by atoms with Crippen LogP contribution in [-0.2, 0) is 17.9 Å². The van der Waals surface area contributed by atoms with E-state index in [1.807, 2.05) is 41.1 Å². The van der Waals surface area contributed by atoms with Crippen LogP contribution in [0.3, 0.4) is 0 Å². The molecule has 0 bridgehead atoms. The van der Waals surface area contributed by atoms with E-state index in [-0.39, 0.29) is 12.5 Å². The highest BCUT2D eigenvalue weighted by molar-refractivity contribution is 5.67. The molecular formula is C25H28F2N4O2. The van der Waals surface area contributed by atoms with Gasteiger partial charge in [-0.3, -0.25) is 0 Å². The topological polar surface area (TPSA) is 59.4 Å². The van der Waals surface area contributed by atoms with Gasteiger partial charge in [-0.05, 0) is 49.7 Å². The van der Waals surface area contributed by atoms with Crippen LogP contribution in [0.1, 0.15) is 30.1 Å². The van der Waals surface area contributed by atoms with Crippen LogP contribution in [0.5, 0.6) is 0 Å². The van der Waals surface area contributed by atoms with Gasteiger partial charge in [0.2, 0.25) is 0 Å². The highest BCUT2D eigenvalue weighted by atomic mass is 19.2. The van der Waals surface area contributed by atoms with E-state index in [9.17, 15) is 13.6 Å². The van der Waals surface area contributed by atoms with Gasteiger partial charge in [0, 0.05) is 37.8 Å². The maximum absolute atomic E-state index is 13.8. The van der Waals surface area contributed by atoms with Gasteiger partial charge in [-0.1, -0.05) is 30.3 Å². The minimum absolute atomic E-state index is 0.218. The quantitative estimate of drug-likeness (QED) is 0.569. The summed E-state index contributed by atoms with van der Waals surface area (Å²) in [6.07, 6.45) is 3.35. The molecule has 2 aromatic carbocycles. The largest absolute Gasteiger partial charge is 0.445 e. The zero-order valence-electron chi connectivity index (χ0n) is 18.6. The van der Waals surface area contributed by atoms with Crippen LogP contribution in [0.15, 0.2) is 54.7 Å². The molecule has 4 rings (SSSR count). The van der Waals surface area contributed by atoms with Crippen LogP contribution in [0.25, 0.3) is 11.3 Å². The first-order valence-corrected chi connectivity index (χ1v) is 11.2. The smallest absolute Gasteiger partial charge is 0.409 e. The normalized spacial score (nSPS) is 14.3. The Balaban J connectivity index is 1.46. The molecule has 1 fully saturated rings. The van der Waals surface area contributed by atoms with Gasteiger partial charge < -0.3 is 19.5 Å². The molecule has 174 valence electrons. The van der Waals surface area contributed by atoms with E-state index in [4.69, 9.17) is 9.72 Å². The SMILES string of the molecule is CN(CCn1cc(-c2ccc(F)c(F)c2)nc1C1CCNCC1)C(=O)OCc1ccccc1. The maximum Gasteiger partial charge on any atom is 0.409 e. The number of carbonyl (C=O) groups is 1. The number of imidazole rings is 1. The second-order valence-electron chi connectivity index (χ2n) is 8.29. The summed E-state index contributed by atoms with van der Waals surface area (Å²) in [4.78, 5) is 18.7. The summed E-state index contributed by atoms with van der Waals surface area (Å²) in [6, 6.07) is 13.3. The van der Waals surface area contributed by atoms with Crippen molar-refractivity contribution in [3.05, 3.63) is 77.8 Å². The minimum Gasteiger partial charge on any atom is -0.445 e. The maximum atomic E-state index is 13.8. The molecule has 6 nitrogen and oxygen atoms in total. The Hall–Kier alpha value is -3.26. The Morgan fingerprint density at radius 2 is 1.91 bits per heavy atom. The summed E-state index contributed by atoms with van der Waals surface area (Å²) in [5.41, 5.74) is 2.05. The lowest BCUT2D eigenvalue weighted by Gasteiger charge is -2.24. The molecule has 1 aromatic heterocycles. The van der Waals surface area contributed by atoms with Crippen LogP contribution in [0.2, 0.25) is 0 Å².